The Labute approximate surface area is 163 Å². The summed E-state index contributed by atoms with van der Waals surface area (Å²) < 4.78 is 39.1. The Morgan fingerprint density at radius 2 is 1.89 bits per heavy atom. The molecule has 0 saturated carbocycles. The molecule has 0 aliphatic carbocycles. The Balaban J connectivity index is 1.71. The third-order valence-electron chi connectivity index (χ3n) is 4.81. The molecule has 0 spiro atoms. The van der Waals surface area contributed by atoms with Crippen molar-refractivity contribution in [2.45, 2.75) is 17.4 Å². The third kappa shape index (κ3) is 3.20. The van der Waals surface area contributed by atoms with E-state index in [9.17, 15) is 13.2 Å². The molecule has 146 valence electrons. The number of fused-ring (bicyclic) bond motifs is 2. The zero-order chi connectivity index (χ0) is 19.7. The number of carbonyl (C=O) groups excluding carboxylic acids is 1. The summed E-state index contributed by atoms with van der Waals surface area (Å²) >= 11 is 0. The van der Waals surface area contributed by atoms with E-state index in [4.69, 9.17) is 9.47 Å². The van der Waals surface area contributed by atoms with E-state index in [0.29, 0.717) is 36.8 Å². The summed E-state index contributed by atoms with van der Waals surface area (Å²) in [7, 11) is -3.80. The molecule has 4 rings (SSSR count). The van der Waals surface area contributed by atoms with E-state index >= 15 is 0 Å². The van der Waals surface area contributed by atoms with E-state index in [-0.39, 0.29) is 23.4 Å². The van der Waals surface area contributed by atoms with Gasteiger partial charge in [-0.3, -0.25) is 9.10 Å². The molecule has 7 nitrogen and oxygen atoms in total. The Morgan fingerprint density at radius 3 is 2.68 bits per heavy atom. The van der Waals surface area contributed by atoms with Gasteiger partial charge in [0.2, 0.25) is 5.91 Å². The van der Waals surface area contributed by atoms with Crippen LogP contribution in [0.1, 0.15) is 18.0 Å². The first-order valence-corrected chi connectivity index (χ1v) is 10.4. The molecule has 2 aliphatic rings. The summed E-state index contributed by atoms with van der Waals surface area (Å²) in [5.41, 5.74) is 1.31. The molecule has 1 atom stereocenters. The zero-order valence-electron chi connectivity index (χ0n) is 15.1. The van der Waals surface area contributed by atoms with E-state index in [0.717, 1.165) is 5.56 Å². The minimum Gasteiger partial charge on any atom is -0.486 e. The average molecular weight is 400 g/mol. The van der Waals surface area contributed by atoms with E-state index in [1.165, 1.54) is 22.5 Å². The summed E-state index contributed by atoms with van der Waals surface area (Å²) in [5, 5.41) is 2.86. The summed E-state index contributed by atoms with van der Waals surface area (Å²) in [4.78, 5) is 11.9. The van der Waals surface area contributed by atoms with Crippen molar-refractivity contribution in [2.75, 3.05) is 24.1 Å². The first-order valence-electron chi connectivity index (χ1n) is 8.95. The molecule has 2 heterocycles. The average Bonchev–Trinajstić information content (AvgIpc) is 2.73. The molecule has 2 aliphatic heterocycles. The minimum absolute atomic E-state index is 0.139. The highest BCUT2D eigenvalue weighted by Crippen LogP contribution is 2.39. The number of nitrogens with one attached hydrogen (secondary N) is 1. The van der Waals surface area contributed by atoms with E-state index in [2.05, 4.69) is 11.9 Å². The monoisotopic (exact) mass is 400 g/mol. The molecule has 0 aromatic heterocycles. The van der Waals surface area contributed by atoms with E-state index < -0.39 is 10.0 Å². The smallest absolute Gasteiger partial charge is 0.264 e. The maximum atomic E-state index is 13.3. The van der Waals surface area contributed by atoms with E-state index in [1.54, 1.807) is 18.2 Å². The molecule has 1 amide bonds. The van der Waals surface area contributed by atoms with Crippen LogP contribution in [0, 0.1) is 0 Å². The van der Waals surface area contributed by atoms with Gasteiger partial charge in [0.1, 0.15) is 13.2 Å². The molecule has 1 N–H and O–H groups in total. The van der Waals surface area contributed by atoms with Crippen LogP contribution in [0.3, 0.4) is 0 Å². The first-order chi connectivity index (χ1) is 13.5. The quantitative estimate of drug-likeness (QED) is 0.797. The fourth-order valence-electron chi connectivity index (χ4n) is 3.47. The Kier molecular flexibility index (Phi) is 4.72. The van der Waals surface area contributed by atoms with Gasteiger partial charge in [-0.05, 0) is 36.3 Å². The maximum Gasteiger partial charge on any atom is 0.264 e. The molecular weight excluding hydrogens is 380 g/mol. The van der Waals surface area contributed by atoms with Crippen molar-refractivity contribution in [1.29, 1.82) is 0 Å². The topological polar surface area (TPSA) is 84.9 Å². The van der Waals surface area contributed by atoms with Crippen molar-refractivity contribution < 1.29 is 22.7 Å². The van der Waals surface area contributed by atoms with Crippen molar-refractivity contribution in [1.82, 2.24) is 5.32 Å². The van der Waals surface area contributed by atoms with Gasteiger partial charge in [0.25, 0.3) is 10.0 Å². The zero-order valence-corrected chi connectivity index (χ0v) is 15.9. The van der Waals surface area contributed by atoms with Gasteiger partial charge in [-0.25, -0.2) is 8.42 Å². The van der Waals surface area contributed by atoms with Crippen molar-refractivity contribution in [3.05, 3.63) is 60.7 Å². The molecular formula is C20H20N2O5S. The Bertz CT molecular complexity index is 1030. The number of para-hydroxylation sites is 1. The lowest BCUT2D eigenvalue weighted by molar-refractivity contribution is -0.117. The highest BCUT2D eigenvalue weighted by molar-refractivity contribution is 7.92. The molecule has 0 radical (unpaired) electrons. The maximum absolute atomic E-state index is 13.3. The molecule has 1 unspecified atom stereocenters. The normalized spacial score (nSPS) is 18.1. The highest BCUT2D eigenvalue weighted by atomic mass is 32.2. The van der Waals surface area contributed by atoms with Crippen LogP contribution in [-0.2, 0) is 14.8 Å². The number of carbonyl (C=O) groups is 1. The third-order valence-corrected chi connectivity index (χ3v) is 6.61. The van der Waals surface area contributed by atoms with Crippen LogP contribution in [0.4, 0.5) is 5.69 Å². The van der Waals surface area contributed by atoms with Gasteiger partial charge < -0.3 is 14.8 Å². The SMILES string of the molecule is C=CC(=O)NC1CCN(S(=O)(=O)c2ccc3c(c2)OCCO3)c2ccccc21. The van der Waals surface area contributed by atoms with Gasteiger partial charge in [0, 0.05) is 12.6 Å². The second-order valence-corrected chi connectivity index (χ2v) is 8.36. The second kappa shape index (κ2) is 7.20. The number of rotatable bonds is 4. The number of hydrogen-bond acceptors (Lipinski definition) is 5. The van der Waals surface area contributed by atoms with Crippen LogP contribution < -0.4 is 19.1 Å². The van der Waals surface area contributed by atoms with Gasteiger partial charge in [-0.1, -0.05) is 24.8 Å². The van der Waals surface area contributed by atoms with Gasteiger partial charge in [0.05, 0.1) is 16.6 Å². The molecule has 8 heteroatoms. The molecule has 0 saturated heterocycles. The van der Waals surface area contributed by atoms with Crippen LogP contribution in [0.2, 0.25) is 0 Å². The van der Waals surface area contributed by atoms with Gasteiger partial charge >= 0.3 is 0 Å². The summed E-state index contributed by atoms with van der Waals surface area (Å²) in [6.45, 7) is 4.54. The molecule has 2 aromatic rings. The Morgan fingerprint density at radius 1 is 1.14 bits per heavy atom. The predicted octanol–water partition coefficient (Wildman–Crippen LogP) is 2.40. The van der Waals surface area contributed by atoms with Crippen molar-refractivity contribution >= 4 is 21.6 Å². The highest BCUT2D eigenvalue weighted by Gasteiger charge is 2.34. The Hall–Kier alpha value is -3.00. The fraction of sp³-hybridized carbons (Fsp3) is 0.250. The molecule has 2 aromatic carbocycles. The fourth-order valence-corrected chi connectivity index (χ4v) is 4.99. The van der Waals surface area contributed by atoms with Crippen LogP contribution in [0.15, 0.2) is 60.0 Å². The number of ether oxygens (including phenoxy) is 2. The van der Waals surface area contributed by atoms with Crippen molar-refractivity contribution in [3.63, 3.8) is 0 Å². The minimum atomic E-state index is -3.80. The van der Waals surface area contributed by atoms with Crippen LogP contribution in [0.5, 0.6) is 11.5 Å². The van der Waals surface area contributed by atoms with Crippen molar-refractivity contribution in [2.24, 2.45) is 0 Å². The largest absolute Gasteiger partial charge is 0.486 e. The number of benzene rings is 2. The van der Waals surface area contributed by atoms with Crippen LogP contribution >= 0.6 is 0 Å². The van der Waals surface area contributed by atoms with E-state index in [1.807, 2.05) is 12.1 Å². The summed E-state index contributed by atoms with van der Waals surface area (Å²) in [6.07, 6.45) is 1.67. The number of amides is 1. The second-order valence-electron chi connectivity index (χ2n) is 6.50. The summed E-state index contributed by atoms with van der Waals surface area (Å²) in [6, 6.07) is 11.5. The number of nitrogens with zero attached hydrogens (tertiary/aromatic N) is 1. The lowest BCUT2D eigenvalue weighted by Gasteiger charge is -2.35. The molecule has 0 fully saturated rings. The van der Waals surface area contributed by atoms with Crippen molar-refractivity contribution in [3.8, 4) is 11.5 Å². The lowest BCUT2D eigenvalue weighted by Crippen LogP contribution is -2.40. The molecule has 0 bridgehead atoms. The van der Waals surface area contributed by atoms with Gasteiger partial charge in [0.15, 0.2) is 11.5 Å². The number of hydrogen-bond donors (Lipinski definition) is 1. The van der Waals surface area contributed by atoms with Crippen LogP contribution in [0.25, 0.3) is 0 Å². The number of anilines is 1. The number of sulfonamides is 1. The molecule has 28 heavy (non-hydrogen) atoms. The van der Waals surface area contributed by atoms with Crippen LogP contribution in [-0.4, -0.2) is 34.1 Å². The van der Waals surface area contributed by atoms with Gasteiger partial charge in [-0.15, -0.1) is 0 Å². The summed E-state index contributed by atoms with van der Waals surface area (Å²) in [5.74, 6) is 0.674. The van der Waals surface area contributed by atoms with Gasteiger partial charge in [-0.2, -0.15) is 0 Å². The first kappa shape index (κ1) is 18.4. The predicted molar refractivity (Wildman–Crippen MR) is 104 cm³/mol. The standard InChI is InChI=1S/C20H20N2O5S/c1-2-20(23)21-16-9-10-22(17-6-4-3-5-15(16)17)28(24,25)14-7-8-18-19(13-14)27-12-11-26-18/h2-8,13,16H,1,9-12H2,(H,21,23). The lowest BCUT2D eigenvalue weighted by atomic mass is 9.98.